The zero-order chi connectivity index (χ0) is 28.5. The van der Waals surface area contributed by atoms with E-state index < -0.39 is 46.6 Å². The molecule has 3 aromatic carbocycles. The van der Waals surface area contributed by atoms with E-state index in [2.05, 4.69) is 21.2 Å². The number of nitrogens with zero attached hydrogens (tertiary/aromatic N) is 1. The van der Waals surface area contributed by atoms with Gasteiger partial charge in [-0.1, -0.05) is 52.3 Å². The summed E-state index contributed by atoms with van der Waals surface area (Å²) in [7, 11) is 0. The number of aromatic nitrogens is 1. The SMILES string of the molecule is Cc1c(-c2ccccc2)nc2ccc(Br)cc2c1C(=O)NCC(C)(C(=O)OC(C)(C)C)c1c(F)cccc1F. The van der Waals surface area contributed by atoms with Crippen LogP contribution in [0.2, 0.25) is 0 Å². The van der Waals surface area contributed by atoms with Gasteiger partial charge >= 0.3 is 5.97 Å². The van der Waals surface area contributed by atoms with Gasteiger partial charge in [-0.25, -0.2) is 13.8 Å². The van der Waals surface area contributed by atoms with Crippen LogP contribution in [0.15, 0.2) is 71.2 Å². The summed E-state index contributed by atoms with van der Waals surface area (Å²) in [5, 5.41) is 3.37. The normalized spacial score (nSPS) is 13.1. The zero-order valence-electron chi connectivity index (χ0n) is 22.4. The predicted molar refractivity (Wildman–Crippen MR) is 152 cm³/mol. The number of hydrogen-bond acceptors (Lipinski definition) is 4. The minimum atomic E-state index is -1.85. The largest absolute Gasteiger partial charge is 0.459 e. The van der Waals surface area contributed by atoms with Crippen LogP contribution in [0.5, 0.6) is 0 Å². The van der Waals surface area contributed by atoms with Crippen LogP contribution >= 0.6 is 15.9 Å². The van der Waals surface area contributed by atoms with Crippen molar-refractivity contribution in [3.05, 3.63) is 99.5 Å². The van der Waals surface area contributed by atoms with Gasteiger partial charge in [0.25, 0.3) is 5.91 Å². The van der Waals surface area contributed by atoms with E-state index in [1.165, 1.54) is 13.0 Å². The molecule has 1 heterocycles. The number of halogens is 3. The molecule has 0 aliphatic rings. The third kappa shape index (κ3) is 5.86. The van der Waals surface area contributed by atoms with Gasteiger partial charge < -0.3 is 10.1 Å². The molecule has 4 aromatic rings. The topological polar surface area (TPSA) is 68.3 Å². The first-order chi connectivity index (χ1) is 18.3. The van der Waals surface area contributed by atoms with Crippen molar-refractivity contribution in [2.45, 2.75) is 45.6 Å². The van der Waals surface area contributed by atoms with Crippen LogP contribution in [-0.2, 0) is 14.9 Å². The minimum absolute atomic E-state index is 0.348. The molecule has 1 unspecified atom stereocenters. The number of ether oxygens (including phenoxy) is 1. The molecule has 0 aliphatic carbocycles. The third-order valence-electron chi connectivity index (χ3n) is 6.43. The summed E-state index contributed by atoms with van der Waals surface area (Å²) in [5.74, 6) is -3.18. The molecule has 1 amide bonds. The molecule has 39 heavy (non-hydrogen) atoms. The average Bonchev–Trinajstić information content (AvgIpc) is 2.86. The zero-order valence-corrected chi connectivity index (χ0v) is 23.9. The van der Waals surface area contributed by atoms with Crippen molar-refractivity contribution in [1.29, 1.82) is 0 Å². The number of amides is 1. The average molecular weight is 595 g/mol. The maximum Gasteiger partial charge on any atom is 0.318 e. The Morgan fingerprint density at radius 3 is 2.21 bits per heavy atom. The van der Waals surface area contributed by atoms with Gasteiger partial charge in [-0.15, -0.1) is 0 Å². The molecule has 1 aromatic heterocycles. The van der Waals surface area contributed by atoms with Gasteiger partial charge in [0.1, 0.15) is 22.7 Å². The second-order valence-corrected chi connectivity index (χ2v) is 11.5. The number of carbonyl (C=O) groups is 2. The summed E-state index contributed by atoms with van der Waals surface area (Å²) in [6.45, 7) is 7.75. The summed E-state index contributed by atoms with van der Waals surface area (Å²) in [6.07, 6.45) is 0. The predicted octanol–water partition coefficient (Wildman–Crippen LogP) is 7.28. The molecule has 0 radical (unpaired) electrons. The standard InChI is InChI=1S/C31H29BrF2N2O3/c1-18-25(21-16-20(32)14-15-24(21)36-27(18)19-10-7-6-8-11-19)28(37)35-17-31(5,29(38)39-30(2,3)4)26-22(33)12-9-13-23(26)34/h6-16H,17H2,1-5H3,(H,35,37). The third-order valence-corrected chi connectivity index (χ3v) is 6.92. The van der Waals surface area contributed by atoms with Crippen molar-refractivity contribution < 1.29 is 23.1 Å². The lowest BCUT2D eigenvalue weighted by Crippen LogP contribution is -2.48. The fourth-order valence-electron chi connectivity index (χ4n) is 4.52. The van der Waals surface area contributed by atoms with E-state index >= 15 is 0 Å². The highest BCUT2D eigenvalue weighted by Gasteiger charge is 2.43. The first-order valence-electron chi connectivity index (χ1n) is 12.4. The molecule has 0 spiro atoms. The number of nitrogens with one attached hydrogen (secondary N) is 1. The summed E-state index contributed by atoms with van der Waals surface area (Å²) in [4.78, 5) is 32.0. The van der Waals surface area contributed by atoms with E-state index in [4.69, 9.17) is 9.72 Å². The van der Waals surface area contributed by atoms with Gasteiger partial charge in [0.2, 0.25) is 0 Å². The molecule has 0 saturated heterocycles. The van der Waals surface area contributed by atoms with Gasteiger partial charge in [0, 0.05) is 27.5 Å². The van der Waals surface area contributed by atoms with Crippen molar-refractivity contribution in [2.24, 2.45) is 0 Å². The maximum atomic E-state index is 15.0. The van der Waals surface area contributed by atoms with Crippen molar-refractivity contribution in [3.63, 3.8) is 0 Å². The van der Waals surface area contributed by atoms with Crippen LogP contribution < -0.4 is 5.32 Å². The number of pyridine rings is 1. The molecule has 0 fully saturated rings. The molecular formula is C31H29BrF2N2O3. The van der Waals surface area contributed by atoms with Crippen LogP contribution in [0.1, 0.15) is 49.2 Å². The molecule has 0 bridgehead atoms. The quantitative estimate of drug-likeness (QED) is 0.238. The molecule has 1 N–H and O–H groups in total. The lowest BCUT2D eigenvalue weighted by atomic mass is 9.81. The maximum absolute atomic E-state index is 15.0. The first kappa shape index (κ1) is 28.4. The monoisotopic (exact) mass is 594 g/mol. The number of fused-ring (bicyclic) bond motifs is 1. The van der Waals surface area contributed by atoms with E-state index in [9.17, 15) is 18.4 Å². The summed E-state index contributed by atoms with van der Waals surface area (Å²) >= 11 is 3.46. The van der Waals surface area contributed by atoms with Gasteiger partial charge in [-0.3, -0.25) is 9.59 Å². The van der Waals surface area contributed by atoms with E-state index in [0.717, 1.165) is 22.2 Å². The summed E-state index contributed by atoms with van der Waals surface area (Å²) in [5.41, 5.74) is -0.199. The lowest BCUT2D eigenvalue weighted by molar-refractivity contribution is -0.161. The fraction of sp³-hybridized carbons (Fsp3) is 0.258. The molecule has 0 aliphatic heterocycles. The van der Waals surface area contributed by atoms with Crippen molar-refractivity contribution in [1.82, 2.24) is 10.3 Å². The van der Waals surface area contributed by atoms with Gasteiger partial charge in [0.05, 0.1) is 16.8 Å². The molecule has 8 heteroatoms. The number of carbonyl (C=O) groups excluding carboxylic acids is 2. The van der Waals surface area contributed by atoms with Crippen LogP contribution in [0.3, 0.4) is 0 Å². The molecule has 4 rings (SSSR count). The smallest absolute Gasteiger partial charge is 0.318 e. The number of hydrogen-bond donors (Lipinski definition) is 1. The Balaban J connectivity index is 1.81. The highest BCUT2D eigenvalue weighted by Crippen LogP contribution is 2.34. The summed E-state index contributed by atoms with van der Waals surface area (Å²) in [6, 6.07) is 18.3. The van der Waals surface area contributed by atoms with E-state index in [-0.39, 0.29) is 0 Å². The van der Waals surface area contributed by atoms with E-state index in [1.807, 2.05) is 42.5 Å². The van der Waals surface area contributed by atoms with Crippen LogP contribution in [0.25, 0.3) is 22.2 Å². The lowest BCUT2D eigenvalue weighted by Gasteiger charge is -2.32. The molecule has 0 saturated carbocycles. The Kier molecular flexibility index (Phi) is 7.89. The Labute approximate surface area is 234 Å². The van der Waals surface area contributed by atoms with Crippen molar-refractivity contribution in [2.75, 3.05) is 6.54 Å². The van der Waals surface area contributed by atoms with Crippen molar-refractivity contribution in [3.8, 4) is 11.3 Å². The van der Waals surface area contributed by atoms with E-state index in [0.29, 0.717) is 27.7 Å². The van der Waals surface area contributed by atoms with Crippen LogP contribution in [0, 0.1) is 18.6 Å². The second kappa shape index (κ2) is 10.8. The molecule has 202 valence electrons. The Morgan fingerprint density at radius 2 is 1.59 bits per heavy atom. The fourth-order valence-corrected chi connectivity index (χ4v) is 4.89. The number of benzene rings is 3. The minimum Gasteiger partial charge on any atom is -0.459 e. The summed E-state index contributed by atoms with van der Waals surface area (Å²) < 4.78 is 36.2. The highest BCUT2D eigenvalue weighted by atomic mass is 79.9. The molecule has 1 atom stereocenters. The van der Waals surface area contributed by atoms with Gasteiger partial charge in [0.15, 0.2) is 0 Å². The molecular weight excluding hydrogens is 566 g/mol. The Bertz CT molecular complexity index is 1550. The van der Waals surface area contributed by atoms with Crippen LogP contribution in [0.4, 0.5) is 8.78 Å². The first-order valence-corrected chi connectivity index (χ1v) is 13.2. The number of rotatable bonds is 6. The number of esters is 1. The Hall–Kier alpha value is -3.65. The van der Waals surface area contributed by atoms with Crippen LogP contribution in [-0.4, -0.2) is 29.0 Å². The molecule has 5 nitrogen and oxygen atoms in total. The second-order valence-electron chi connectivity index (χ2n) is 10.6. The van der Waals surface area contributed by atoms with Gasteiger partial charge in [-0.2, -0.15) is 0 Å². The van der Waals surface area contributed by atoms with E-state index in [1.54, 1.807) is 33.8 Å². The Morgan fingerprint density at radius 1 is 0.949 bits per heavy atom. The van der Waals surface area contributed by atoms with Crippen molar-refractivity contribution >= 4 is 38.7 Å². The van der Waals surface area contributed by atoms with Gasteiger partial charge in [-0.05, 0) is 70.5 Å². The highest BCUT2D eigenvalue weighted by molar-refractivity contribution is 9.10.